The van der Waals surface area contributed by atoms with Crippen molar-refractivity contribution in [1.82, 2.24) is 4.90 Å². The first-order valence-corrected chi connectivity index (χ1v) is 8.31. The summed E-state index contributed by atoms with van der Waals surface area (Å²) in [5, 5.41) is 10.5. The molecule has 0 aromatic heterocycles. The van der Waals surface area contributed by atoms with Crippen molar-refractivity contribution in [2.45, 2.75) is 65.0 Å². The molecule has 2 heteroatoms. The van der Waals surface area contributed by atoms with Crippen LogP contribution < -0.4 is 0 Å². The summed E-state index contributed by atoms with van der Waals surface area (Å²) < 4.78 is 0. The molecule has 0 spiro atoms. The van der Waals surface area contributed by atoms with Crippen LogP contribution in [0.5, 0.6) is 0 Å². The van der Waals surface area contributed by atoms with Gasteiger partial charge in [-0.25, -0.2) is 0 Å². The number of aliphatic hydroxyl groups is 1. The molecular weight excluding hydrogens is 258 g/mol. The quantitative estimate of drug-likeness (QED) is 0.904. The van der Waals surface area contributed by atoms with E-state index in [1.165, 1.54) is 18.4 Å². The van der Waals surface area contributed by atoms with Crippen LogP contribution in [0.25, 0.3) is 0 Å². The van der Waals surface area contributed by atoms with E-state index >= 15 is 0 Å². The summed E-state index contributed by atoms with van der Waals surface area (Å²) in [6, 6.07) is 9.05. The summed E-state index contributed by atoms with van der Waals surface area (Å²) in [5.74, 6) is 0.731. The Morgan fingerprint density at radius 3 is 2.38 bits per heavy atom. The van der Waals surface area contributed by atoms with Crippen LogP contribution in [-0.4, -0.2) is 29.1 Å². The summed E-state index contributed by atoms with van der Waals surface area (Å²) in [7, 11) is 0. The van der Waals surface area contributed by atoms with Gasteiger partial charge in [-0.05, 0) is 48.8 Å². The number of hydrogen-bond donors (Lipinski definition) is 1. The second-order valence-electron chi connectivity index (χ2n) is 7.74. The van der Waals surface area contributed by atoms with Crippen molar-refractivity contribution in [2.24, 2.45) is 5.92 Å². The second-order valence-corrected chi connectivity index (χ2v) is 7.74. The van der Waals surface area contributed by atoms with E-state index in [1.54, 1.807) is 0 Å². The molecule has 3 atom stereocenters. The molecule has 0 radical (unpaired) electrons. The molecular formula is C19H31NO. The second kappa shape index (κ2) is 6.50. The number of rotatable bonds is 3. The third-order valence-electron chi connectivity index (χ3n) is 5.07. The molecule has 21 heavy (non-hydrogen) atoms. The van der Waals surface area contributed by atoms with Crippen molar-refractivity contribution < 1.29 is 5.11 Å². The lowest BCUT2D eigenvalue weighted by molar-refractivity contribution is 0.0513. The zero-order valence-electron chi connectivity index (χ0n) is 14.3. The maximum absolute atomic E-state index is 10.5. The highest BCUT2D eigenvalue weighted by atomic mass is 16.3. The monoisotopic (exact) mass is 289 g/mol. The van der Waals surface area contributed by atoms with Crippen molar-refractivity contribution in [1.29, 1.82) is 0 Å². The van der Waals surface area contributed by atoms with Crippen molar-refractivity contribution in [3.63, 3.8) is 0 Å². The average Bonchev–Trinajstić information content (AvgIpc) is 2.43. The van der Waals surface area contributed by atoms with Gasteiger partial charge in [-0.1, -0.05) is 52.0 Å². The summed E-state index contributed by atoms with van der Waals surface area (Å²) in [4.78, 5) is 2.44. The zero-order chi connectivity index (χ0) is 15.6. The Balaban J connectivity index is 2.01. The minimum Gasteiger partial charge on any atom is -0.387 e. The first kappa shape index (κ1) is 16.5. The number of β-amino-alcohol motifs (C(OH)–C–C–N with tert-alkyl or cyclic N) is 1. The van der Waals surface area contributed by atoms with Crippen LogP contribution in [-0.2, 0) is 5.41 Å². The highest BCUT2D eigenvalue weighted by molar-refractivity contribution is 5.28. The normalized spacial score (nSPS) is 25.8. The molecule has 1 aromatic carbocycles. The molecule has 1 fully saturated rings. The SMILES string of the molecule is CC1CCCN(CC(O)c2ccc(C(C)(C)C)cc2)C1C. The van der Waals surface area contributed by atoms with Gasteiger partial charge in [0.05, 0.1) is 6.10 Å². The lowest BCUT2D eigenvalue weighted by Gasteiger charge is -2.39. The van der Waals surface area contributed by atoms with Gasteiger partial charge in [-0.3, -0.25) is 4.90 Å². The van der Waals surface area contributed by atoms with E-state index in [0.29, 0.717) is 6.04 Å². The first-order chi connectivity index (χ1) is 9.79. The van der Waals surface area contributed by atoms with Crippen LogP contribution in [0.4, 0.5) is 0 Å². The highest BCUT2D eigenvalue weighted by Gasteiger charge is 2.26. The molecule has 0 bridgehead atoms. The maximum Gasteiger partial charge on any atom is 0.0917 e. The molecule has 3 unspecified atom stereocenters. The zero-order valence-corrected chi connectivity index (χ0v) is 14.3. The highest BCUT2D eigenvalue weighted by Crippen LogP contribution is 2.27. The average molecular weight is 289 g/mol. The third-order valence-corrected chi connectivity index (χ3v) is 5.07. The molecule has 2 nitrogen and oxygen atoms in total. The van der Waals surface area contributed by atoms with E-state index in [2.05, 4.69) is 63.8 Å². The topological polar surface area (TPSA) is 23.5 Å². The molecule has 0 saturated carbocycles. The van der Waals surface area contributed by atoms with Crippen LogP contribution >= 0.6 is 0 Å². The number of hydrogen-bond acceptors (Lipinski definition) is 2. The Kier molecular flexibility index (Phi) is 5.11. The molecule has 0 amide bonds. The Hall–Kier alpha value is -0.860. The van der Waals surface area contributed by atoms with E-state index in [9.17, 15) is 5.11 Å². The van der Waals surface area contributed by atoms with Crippen LogP contribution in [0, 0.1) is 5.92 Å². The minimum absolute atomic E-state index is 0.167. The number of nitrogens with zero attached hydrogens (tertiary/aromatic N) is 1. The van der Waals surface area contributed by atoms with Crippen molar-refractivity contribution in [2.75, 3.05) is 13.1 Å². The number of piperidine rings is 1. The Morgan fingerprint density at radius 2 is 1.81 bits per heavy atom. The van der Waals surface area contributed by atoms with Gasteiger partial charge < -0.3 is 5.11 Å². The van der Waals surface area contributed by atoms with Crippen LogP contribution in [0.15, 0.2) is 24.3 Å². The minimum atomic E-state index is -0.383. The summed E-state index contributed by atoms with van der Waals surface area (Å²) in [6.07, 6.45) is 2.18. The van der Waals surface area contributed by atoms with Crippen molar-refractivity contribution >= 4 is 0 Å². The van der Waals surface area contributed by atoms with E-state index in [0.717, 1.165) is 24.6 Å². The van der Waals surface area contributed by atoms with Crippen LogP contribution in [0.1, 0.15) is 64.7 Å². The lowest BCUT2D eigenvalue weighted by Crippen LogP contribution is -2.44. The molecule has 1 aliphatic rings. The van der Waals surface area contributed by atoms with Gasteiger partial charge in [-0.2, -0.15) is 0 Å². The molecule has 1 heterocycles. The first-order valence-electron chi connectivity index (χ1n) is 8.31. The number of aliphatic hydroxyl groups excluding tert-OH is 1. The molecule has 2 rings (SSSR count). The van der Waals surface area contributed by atoms with Gasteiger partial charge in [0.15, 0.2) is 0 Å². The van der Waals surface area contributed by atoms with Crippen molar-refractivity contribution in [3.8, 4) is 0 Å². The fourth-order valence-corrected chi connectivity index (χ4v) is 3.21. The van der Waals surface area contributed by atoms with Gasteiger partial charge in [0.25, 0.3) is 0 Å². The molecule has 118 valence electrons. The standard InChI is InChI=1S/C19H31NO/c1-14-7-6-12-20(15(14)2)13-18(21)16-8-10-17(11-9-16)19(3,4)5/h8-11,14-15,18,21H,6-7,12-13H2,1-5H3. The van der Waals surface area contributed by atoms with Crippen molar-refractivity contribution in [3.05, 3.63) is 35.4 Å². The lowest BCUT2D eigenvalue weighted by atomic mass is 9.86. The predicted octanol–water partition coefficient (Wildman–Crippen LogP) is 4.14. The Morgan fingerprint density at radius 1 is 1.19 bits per heavy atom. The maximum atomic E-state index is 10.5. The largest absolute Gasteiger partial charge is 0.387 e. The van der Waals surface area contributed by atoms with Gasteiger partial charge in [0, 0.05) is 12.6 Å². The number of likely N-dealkylation sites (tertiary alicyclic amines) is 1. The summed E-state index contributed by atoms with van der Waals surface area (Å²) in [5.41, 5.74) is 2.52. The fourth-order valence-electron chi connectivity index (χ4n) is 3.21. The van der Waals surface area contributed by atoms with E-state index < -0.39 is 0 Å². The van der Waals surface area contributed by atoms with E-state index in [-0.39, 0.29) is 11.5 Å². The third kappa shape index (κ3) is 4.08. The molecule has 0 aliphatic carbocycles. The summed E-state index contributed by atoms with van der Waals surface area (Å²) in [6.45, 7) is 13.1. The fraction of sp³-hybridized carbons (Fsp3) is 0.684. The smallest absolute Gasteiger partial charge is 0.0917 e. The van der Waals surface area contributed by atoms with Gasteiger partial charge in [0.2, 0.25) is 0 Å². The van der Waals surface area contributed by atoms with Gasteiger partial charge in [0.1, 0.15) is 0 Å². The van der Waals surface area contributed by atoms with E-state index in [1.807, 2.05) is 0 Å². The van der Waals surface area contributed by atoms with Crippen LogP contribution in [0.3, 0.4) is 0 Å². The molecule has 1 aromatic rings. The predicted molar refractivity (Wildman–Crippen MR) is 89.5 cm³/mol. The molecule has 1 N–H and O–H groups in total. The van der Waals surface area contributed by atoms with E-state index in [4.69, 9.17) is 0 Å². The Labute approximate surface area is 130 Å². The number of benzene rings is 1. The van der Waals surface area contributed by atoms with Gasteiger partial charge >= 0.3 is 0 Å². The summed E-state index contributed by atoms with van der Waals surface area (Å²) >= 11 is 0. The Bertz CT molecular complexity index is 446. The molecule has 1 saturated heterocycles. The van der Waals surface area contributed by atoms with Gasteiger partial charge in [-0.15, -0.1) is 0 Å². The molecule has 1 aliphatic heterocycles. The van der Waals surface area contributed by atoms with Crippen LogP contribution in [0.2, 0.25) is 0 Å².